The van der Waals surface area contributed by atoms with E-state index in [4.69, 9.17) is 27.4 Å². The molecule has 0 bridgehead atoms. The van der Waals surface area contributed by atoms with E-state index >= 15 is 0 Å². The first-order chi connectivity index (χ1) is 9.45. The quantitative estimate of drug-likeness (QED) is 0.200. The molecule has 10 N–H and O–H groups in total. The van der Waals surface area contributed by atoms with Gasteiger partial charge in [0.25, 0.3) is 0 Å². The lowest BCUT2D eigenvalue weighted by Gasteiger charge is -2.03. The molecule has 0 aliphatic rings. The summed E-state index contributed by atoms with van der Waals surface area (Å²) in [5.41, 5.74) is 15.5. The van der Waals surface area contributed by atoms with Crippen LogP contribution in [0.25, 0.3) is 0 Å². The summed E-state index contributed by atoms with van der Waals surface area (Å²) in [4.78, 5) is 19.9. The lowest BCUT2D eigenvalue weighted by molar-refractivity contribution is -0.139. The lowest BCUT2D eigenvalue weighted by atomic mass is 10.2. The van der Waals surface area contributed by atoms with E-state index in [1.165, 1.54) is 0 Å². The van der Waals surface area contributed by atoms with E-state index in [1.54, 1.807) is 0 Å². The number of carboxylic acids is 2. The Hall–Kier alpha value is -1.26. The fraction of sp³-hybridized carbons (Fsp3) is 0.818. The Morgan fingerprint density at radius 1 is 0.950 bits per heavy atom. The van der Waals surface area contributed by atoms with Crippen LogP contribution < -0.4 is 27.8 Å². The first kappa shape index (κ1) is 21.0. The van der Waals surface area contributed by atoms with Crippen molar-refractivity contribution in [2.24, 2.45) is 17.2 Å². The maximum Gasteiger partial charge on any atom is 0.320 e. The van der Waals surface area contributed by atoms with Crippen molar-refractivity contribution in [3.05, 3.63) is 0 Å². The van der Waals surface area contributed by atoms with E-state index in [1.807, 2.05) is 0 Å². The van der Waals surface area contributed by atoms with Gasteiger partial charge >= 0.3 is 11.9 Å². The first-order valence-electron chi connectivity index (χ1n) is 6.47. The second-order valence-electron chi connectivity index (χ2n) is 3.95. The topological polar surface area (TPSA) is 177 Å². The molecule has 9 nitrogen and oxygen atoms in total. The maximum absolute atomic E-state index is 9.99. The summed E-state index contributed by atoms with van der Waals surface area (Å²) >= 11 is 0. The number of carbonyl (C=O) groups is 2. The molecule has 0 unspecified atom stereocenters. The second-order valence-corrected chi connectivity index (χ2v) is 3.95. The van der Waals surface area contributed by atoms with E-state index in [-0.39, 0.29) is 12.8 Å². The number of carboxylic acid groups (broad SMARTS) is 2. The minimum Gasteiger partial charge on any atom is -0.481 e. The molecule has 0 amide bonds. The van der Waals surface area contributed by atoms with Gasteiger partial charge in [-0.3, -0.25) is 9.59 Å². The van der Waals surface area contributed by atoms with Gasteiger partial charge < -0.3 is 38.0 Å². The fourth-order valence-corrected chi connectivity index (χ4v) is 1.03. The van der Waals surface area contributed by atoms with Crippen molar-refractivity contribution in [1.82, 2.24) is 10.6 Å². The Morgan fingerprint density at radius 3 is 1.70 bits per heavy atom. The molecule has 0 spiro atoms. The molecule has 9 heteroatoms. The van der Waals surface area contributed by atoms with E-state index in [2.05, 4.69) is 10.6 Å². The number of aliphatic carboxylic acids is 2. The van der Waals surface area contributed by atoms with Gasteiger partial charge in [-0.25, -0.2) is 0 Å². The van der Waals surface area contributed by atoms with Crippen LogP contribution in [-0.2, 0) is 9.59 Å². The monoisotopic (exact) mass is 293 g/mol. The Bertz CT molecular complexity index is 245. The molecule has 1 atom stereocenters. The summed E-state index contributed by atoms with van der Waals surface area (Å²) in [7, 11) is 0. The van der Waals surface area contributed by atoms with Crippen LogP contribution in [0.3, 0.4) is 0 Å². The van der Waals surface area contributed by atoms with Crippen molar-refractivity contribution >= 4 is 11.9 Å². The molecule has 20 heavy (non-hydrogen) atoms. The third kappa shape index (κ3) is 19.1. The fourth-order valence-electron chi connectivity index (χ4n) is 1.03. The highest BCUT2D eigenvalue weighted by atomic mass is 16.4. The first-order valence-corrected chi connectivity index (χ1v) is 6.47. The number of hydrogen-bond donors (Lipinski definition) is 7. The van der Waals surface area contributed by atoms with Crippen molar-refractivity contribution in [2.45, 2.75) is 18.9 Å². The number of nitrogens with one attached hydrogen (secondary N) is 2. The zero-order chi connectivity index (χ0) is 15.8. The summed E-state index contributed by atoms with van der Waals surface area (Å²) in [6.07, 6.45) is -0.224. The zero-order valence-corrected chi connectivity index (χ0v) is 11.7. The van der Waals surface area contributed by atoms with Gasteiger partial charge in [0.2, 0.25) is 0 Å². The highest BCUT2D eigenvalue weighted by Crippen LogP contribution is 1.93. The van der Waals surface area contributed by atoms with Crippen molar-refractivity contribution in [3.63, 3.8) is 0 Å². The highest BCUT2D eigenvalue weighted by molar-refractivity contribution is 5.74. The third-order valence-corrected chi connectivity index (χ3v) is 2.11. The number of nitrogens with two attached hydrogens (primary N) is 3. The van der Waals surface area contributed by atoms with Crippen molar-refractivity contribution in [1.29, 1.82) is 0 Å². The van der Waals surface area contributed by atoms with Crippen molar-refractivity contribution in [3.8, 4) is 0 Å². The molecule has 0 aromatic carbocycles. The van der Waals surface area contributed by atoms with Crippen LogP contribution in [0.2, 0.25) is 0 Å². The van der Waals surface area contributed by atoms with Gasteiger partial charge in [0.1, 0.15) is 6.04 Å². The van der Waals surface area contributed by atoms with Gasteiger partial charge in [0.05, 0.1) is 0 Å². The summed E-state index contributed by atoms with van der Waals surface area (Å²) < 4.78 is 0. The van der Waals surface area contributed by atoms with Gasteiger partial charge in [-0.1, -0.05) is 0 Å². The predicted molar refractivity (Wildman–Crippen MR) is 76.3 cm³/mol. The number of hydrogen-bond acceptors (Lipinski definition) is 7. The van der Waals surface area contributed by atoms with E-state index in [9.17, 15) is 9.59 Å². The van der Waals surface area contributed by atoms with E-state index in [0.29, 0.717) is 13.1 Å². The van der Waals surface area contributed by atoms with Crippen LogP contribution in [0.5, 0.6) is 0 Å². The van der Waals surface area contributed by atoms with Gasteiger partial charge in [-0.15, -0.1) is 0 Å². The van der Waals surface area contributed by atoms with Crippen LogP contribution in [-0.4, -0.2) is 67.5 Å². The molecule has 120 valence electrons. The average Bonchev–Trinajstić information content (AvgIpc) is 2.40. The number of rotatable bonds is 11. The van der Waals surface area contributed by atoms with Gasteiger partial charge in [0, 0.05) is 45.7 Å². The molecule has 0 aliphatic heterocycles. The molecule has 0 saturated heterocycles. The van der Waals surface area contributed by atoms with Crippen molar-refractivity contribution in [2.75, 3.05) is 39.3 Å². The minimum absolute atomic E-state index is 0.0231. The normalized spacial score (nSPS) is 11.3. The van der Waals surface area contributed by atoms with Crippen LogP contribution >= 0.6 is 0 Å². The maximum atomic E-state index is 9.99. The smallest absolute Gasteiger partial charge is 0.320 e. The zero-order valence-electron chi connectivity index (χ0n) is 11.7. The summed E-state index contributed by atoms with van der Waals surface area (Å²) in [6.45, 7) is 5.14. The standard InChI is InChI=1S/C6H18N4.C5H9NO4/c7-1-3-9-5-6-10-4-2-8;6-3(5(9)10)1-2-4(7)8/h9-10H,1-8H2;3H,1-2,6H2,(H,7,8)(H,9,10)/t;3-/m.0/s1. The average molecular weight is 293 g/mol. The van der Waals surface area contributed by atoms with Gasteiger partial charge in [-0.05, 0) is 6.42 Å². The SMILES string of the molecule is NCCNCCNCCN.N[C@@H](CCC(=O)O)C(=O)O. The molecule has 0 aliphatic carbocycles. The molecule has 0 heterocycles. The molecule has 0 aromatic rings. The molecule has 0 rings (SSSR count). The Morgan fingerprint density at radius 2 is 1.40 bits per heavy atom. The molecule has 0 aromatic heterocycles. The lowest BCUT2D eigenvalue weighted by Crippen LogP contribution is -2.32. The van der Waals surface area contributed by atoms with Gasteiger partial charge in [0.15, 0.2) is 0 Å². The van der Waals surface area contributed by atoms with Crippen LogP contribution in [0, 0.1) is 0 Å². The summed E-state index contributed by atoms with van der Waals surface area (Å²) in [5.74, 6) is -2.20. The van der Waals surface area contributed by atoms with Crippen LogP contribution in [0.1, 0.15) is 12.8 Å². The largest absolute Gasteiger partial charge is 0.481 e. The third-order valence-electron chi connectivity index (χ3n) is 2.11. The summed E-state index contributed by atoms with van der Waals surface area (Å²) in [5, 5.41) is 22.6. The summed E-state index contributed by atoms with van der Waals surface area (Å²) in [6, 6.07) is -1.06. The molecular formula is C11H27N5O4. The Balaban J connectivity index is 0. The molecule has 0 saturated carbocycles. The minimum atomic E-state index is -1.17. The molecule has 0 radical (unpaired) electrons. The Kier molecular flexibility index (Phi) is 16.6. The van der Waals surface area contributed by atoms with Crippen molar-refractivity contribution < 1.29 is 19.8 Å². The second kappa shape index (κ2) is 15.8. The Labute approximate surface area is 118 Å². The van der Waals surface area contributed by atoms with Gasteiger partial charge in [-0.2, -0.15) is 0 Å². The predicted octanol–water partition coefficient (Wildman–Crippen LogP) is -2.65. The van der Waals surface area contributed by atoms with Crippen LogP contribution in [0.15, 0.2) is 0 Å². The van der Waals surface area contributed by atoms with Crippen LogP contribution in [0.4, 0.5) is 0 Å². The highest BCUT2D eigenvalue weighted by Gasteiger charge is 2.12. The molecule has 0 fully saturated rings. The molecular weight excluding hydrogens is 266 g/mol. The van der Waals surface area contributed by atoms with E-state index in [0.717, 1.165) is 26.2 Å². The van der Waals surface area contributed by atoms with E-state index < -0.39 is 18.0 Å².